The van der Waals surface area contributed by atoms with Gasteiger partial charge in [0.25, 0.3) is 0 Å². The van der Waals surface area contributed by atoms with Crippen molar-refractivity contribution in [2.24, 2.45) is 0 Å². The lowest BCUT2D eigenvalue weighted by Gasteiger charge is -2.21. The van der Waals surface area contributed by atoms with Crippen LogP contribution in [0, 0.1) is 0 Å². The SMILES string of the molecule is CC/C=C\C/C=C\C/C=C\C/C=C\C/C=C\CCCC(=O)OCC(COP(=O)(O)OCC(O)COP(=O)(O)OCC(COC(=O)CCCCCCC/C=C\C/C=C\CCC)OC(=O)CCCCCCC/C=C\C/C=C\CCC)OC(=O)CCCCCCCCC/C=C\C/C=C\C/C=C\CC. The fourth-order valence-corrected chi connectivity index (χ4v) is 11.1. The number of phosphoric acid groups is 2. The zero-order valence-corrected chi connectivity index (χ0v) is 63.9. The maximum atomic E-state index is 13.1. The molecular weight excluding hydrogens is 1310 g/mol. The normalized spacial score (nSPS) is 14.8. The minimum atomic E-state index is -5.00. The van der Waals surface area contributed by atoms with E-state index in [-0.39, 0.29) is 25.7 Å². The van der Waals surface area contributed by atoms with E-state index in [0.29, 0.717) is 32.1 Å². The van der Waals surface area contributed by atoms with Crippen LogP contribution < -0.4 is 0 Å². The molecular formula is C81H134O17P2. The van der Waals surface area contributed by atoms with Gasteiger partial charge in [-0.3, -0.25) is 37.3 Å². The van der Waals surface area contributed by atoms with E-state index in [1.807, 2.05) is 12.2 Å². The van der Waals surface area contributed by atoms with Crippen LogP contribution in [-0.2, 0) is 65.4 Å². The Labute approximate surface area is 605 Å². The van der Waals surface area contributed by atoms with Crippen LogP contribution in [0.3, 0.4) is 0 Å². The summed E-state index contributed by atoms with van der Waals surface area (Å²) in [6.07, 6.45) is 81.3. The van der Waals surface area contributed by atoms with Crippen LogP contribution in [0.2, 0.25) is 0 Å². The molecule has 0 aromatic rings. The number of carbonyl (C=O) groups is 4. The molecule has 100 heavy (non-hydrogen) atoms. The first-order chi connectivity index (χ1) is 48.7. The van der Waals surface area contributed by atoms with Gasteiger partial charge in [0, 0.05) is 25.7 Å². The van der Waals surface area contributed by atoms with Crippen LogP contribution in [0.5, 0.6) is 0 Å². The van der Waals surface area contributed by atoms with Crippen LogP contribution in [0.15, 0.2) is 146 Å². The number of hydrogen-bond acceptors (Lipinski definition) is 15. The number of esters is 4. The average Bonchev–Trinajstić information content (AvgIpc) is 1.15. The van der Waals surface area contributed by atoms with Crippen molar-refractivity contribution in [3.63, 3.8) is 0 Å². The molecule has 0 saturated heterocycles. The van der Waals surface area contributed by atoms with E-state index in [9.17, 15) is 43.2 Å². The summed E-state index contributed by atoms with van der Waals surface area (Å²) in [6, 6.07) is 0. The molecule has 0 aromatic carbocycles. The van der Waals surface area contributed by atoms with Gasteiger partial charge in [0.15, 0.2) is 12.2 Å². The third-order valence-electron chi connectivity index (χ3n) is 15.2. The van der Waals surface area contributed by atoms with Crippen molar-refractivity contribution < 1.29 is 80.2 Å². The summed E-state index contributed by atoms with van der Waals surface area (Å²) in [6.45, 7) is 4.40. The quantitative estimate of drug-likeness (QED) is 0.0169. The van der Waals surface area contributed by atoms with Crippen LogP contribution in [0.1, 0.15) is 285 Å². The van der Waals surface area contributed by atoms with Crippen molar-refractivity contribution in [3.8, 4) is 0 Å². The molecule has 0 fully saturated rings. The molecule has 570 valence electrons. The van der Waals surface area contributed by atoms with Gasteiger partial charge >= 0.3 is 39.5 Å². The standard InChI is InChI=1S/C81H134O17P2/c1-5-9-13-17-21-25-29-33-35-37-39-43-46-50-54-58-62-66-79(84)92-72-77(98-81(86)68-64-60-56-52-48-44-40-38-36-34-30-26-22-18-14-10-6-2)74-96-100(89,90)94-70-75(82)69-93-99(87,88)95-73-76(97-80(85)67-63-59-55-51-47-42-32-28-24-20-16-12-8-4)71-91-78(83)65-61-57-53-49-45-41-31-27-23-19-15-11-7-3/h9-10,13-16,19-22,25-28,31-36,39,43,50,54,75-77,82H,5-8,11-12,17-18,23-24,29-30,37-38,40-42,44-49,51-53,55-74H2,1-4H3,(H,87,88)(H,89,90)/b13-9-,14-10-,19-15-,20-16-,25-21-,26-22-,31-27-,32-28-,35-33-,36-34-,43-39-,54-50-. The zero-order valence-electron chi connectivity index (χ0n) is 62.1. The van der Waals surface area contributed by atoms with Gasteiger partial charge in [-0.05, 0) is 148 Å². The molecule has 19 heteroatoms. The summed E-state index contributed by atoms with van der Waals surface area (Å²) < 4.78 is 68.4. The predicted octanol–water partition coefficient (Wildman–Crippen LogP) is 21.9. The topological polar surface area (TPSA) is 237 Å². The number of hydrogen-bond donors (Lipinski definition) is 3. The second-order valence-corrected chi connectivity index (χ2v) is 27.7. The van der Waals surface area contributed by atoms with Gasteiger partial charge in [0.05, 0.1) is 26.4 Å². The highest BCUT2D eigenvalue weighted by Crippen LogP contribution is 2.45. The number of aliphatic hydroxyl groups excluding tert-OH is 1. The molecule has 0 aliphatic rings. The monoisotopic (exact) mass is 1440 g/mol. The third kappa shape index (κ3) is 71.3. The van der Waals surface area contributed by atoms with E-state index in [4.69, 9.17) is 37.0 Å². The molecule has 0 aromatic heterocycles. The van der Waals surface area contributed by atoms with Crippen molar-refractivity contribution in [1.82, 2.24) is 0 Å². The second-order valence-electron chi connectivity index (χ2n) is 24.8. The lowest BCUT2D eigenvalue weighted by Crippen LogP contribution is -2.30. The first-order valence-electron chi connectivity index (χ1n) is 38.1. The molecule has 5 unspecified atom stereocenters. The summed E-state index contributed by atoms with van der Waals surface area (Å²) in [5.41, 5.74) is 0. The molecule has 0 aliphatic heterocycles. The molecule has 0 spiro atoms. The Morgan fingerprint density at radius 2 is 0.530 bits per heavy atom. The van der Waals surface area contributed by atoms with Crippen molar-refractivity contribution in [3.05, 3.63) is 146 Å². The second kappa shape index (κ2) is 72.3. The average molecular weight is 1440 g/mol. The molecule has 0 radical (unpaired) electrons. The number of aliphatic hydroxyl groups is 1. The number of unbranched alkanes of at least 4 members (excludes halogenated alkanes) is 20. The van der Waals surface area contributed by atoms with Gasteiger partial charge in [0.2, 0.25) is 0 Å². The molecule has 3 N–H and O–H groups in total. The van der Waals surface area contributed by atoms with Gasteiger partial charge in [0.1, 0.15) is 19.3 Å². The van der Waals surface area contributed by atoms with E-state index >= 15 is 0 Å². The summed E-state index contributed by atoms with van der Waals surface area (Å²) in [7, 11) is -9.98. The number of allylic oxidation sites excluding steroid dienone is 24. The van der Waals surface area contributed by atoms with Gasteiger partial charge < -0.3 is 33.8 Å². The third-order valence-corrected chi connectivity index (χ3v) is 17.1. The van der Waals surface area contributed by atoms with Gasteiger partial charge in [-0.25, -0.2) is 9.13 Å². The van der Waals surface area contributed by atoms with Crippen LogP contribution in [-0.4, -0.2) is 96.7 Å². The van der Waals surface area contributed by atoms with Crippen LogP contribution >= 0.6 is 15.6 Å². The van der Waals surface area contributed by atoms with E-state index in [1.54, 1.807) is 0 Å². The summed E-state index contributed by atoms with van der Waals surface area (Å²) >= 11 is 0. The maximum absolute atomic E-state index is 13.1. The fraction of sp³-hybridized carbons (Fsp3) is 0.654. The molecule has 0 heterocycles. The number of carbonyl (C=O) groups excluding carboxylic acids is 4. The summed E-state index contributed by atoms with van der Waals surface area (Å²) in [5, 5.41) is 10.6. The first-order valence-corrected chi connectivity index (χ1v) is 41.1. The van der Waals surface area contributed by atoms with Crippen molar-refractivity contribution in [2.75, 3.05) is 39.6 Å². The molecule has 17 nitrogen and oxygen atoms in total. The lowest BCUT2D eigenvalue weighted by molar-refractivity contribution is -0.161. The largest absolute Gasteiger partial charge is 0.472 e. The fourth-order valence-electron chi connectivity index (χ4n) is 9.52. The highest BCUT2D eigenvalue weighted by molar-refractivity contribution is 7.47. The Kier molecular flexibility index (Phi) is 68.6. The number of phosphoric ester groups is 2. The molecule has 5 atom stereocenters. The Morgan fingerprint density at radius 1 is 0.290 bits per heavy atom. The van der Waals surface area contributed by atoms with Crippen LogP contribution in [0.4, 0.5) is 0 Å². The van der Waals surface area contributed by atoms with Gasteiger partial charge in [-0.15, -0.1) is 0 Å². The van der Waals surface area contributed by atoms with Crippen LogP contribution in [0.25, 0.3) is 0 Å². The Hall–Kier alpha value is -5.06. The minimum Gasteiger partial charge on any atom is -0.462 e. The Bertz CT molecular complexity index is 2470. The van der Waals surface area contributed by atoms with E-state index in [1.165, 1.54) is 0 Å². The molecule has 0 bridgehead atoms. The number of rotatable bonds is 70. The highest BCUT2D eigenvalue weighted by atomic mass is 31.2. The predicted molar refractivity (Wildman–Crippen MR) is 408 cm³/mol. The van der Waals surface area contributed by atoms with E-state index in [0.717, 1.165) is 199 Å². The van der Waals surface area contributed by atoms with E-state index in [2.05, 4.69) is 161 Å². The summed E-state index contributed by atoms with van der Waals surface area (Å²) in [5.74, 6) is -2.29. The van der Waals surface area contributed by atoms with Crippen molar-refractivity contribution in [1.29, 1.82) is 0 Å². The molecule has 0 aliphatic carbocycles. The molecule has 0 rings (SSSR count). The molecule has 0 saturated carbocycles. The van der Waals surface area contributed by atoms with Gasteiger partial charge in [-0.1, -0.05) is 257 Å². The Morgan fingerprint density at radius 3 is 0.840 bits per heavy atom. The minimum absolute atomic E-state index is 0.0665. The van der Waals surface area contributed by atoms with E-state index < -0.39 is 97.5 Å². The lowest BCUT2D eigenvalue weighted by atomic mass is 10.1. The number of ether oxygens (including phenoxy) is 4. The highest BCUT2D eigenvalue weighted by Gasteiger charge is 2.30. The maximum Gasteiger partial charge on any atom is 0.472 e. The van der Waals surface area contributed by atoms with Gasteiger partial charge in [-0.2, -0.15) is 0 Å². The smallest absolute Gasteiger partial charge is 0.462 e. The Balaban J connectivity index is 5.43. The zero-order chi connectivity index (χ0) is 73.2. The summed E-state index contributed by atoms with van der Waals surface area (Å²) in [4.78, 5) is 72.8. The molecule has 0 amide bonds. The van der Waals surface area contributed by atoms with Crippen molar-refractivity contribution in [2.45, 2.75) is 303 Å². The first kappa shape index (κ1) is 94.9. The van der Waals surface area contributed by atoms with Crippen molar-refractivity contribution >= 4 is 39.5 Å².